The SMILES string of the molecule is O=C(Nc1ccccc1Cn1cccn1)c1ccc([N+](=O)[O-])cc1. The molecule has 3 rings (SSSR count). The maximum atomic E-state index is 12.3. The van der Waals surface area contributed by atoms with Crippen molar-refractivity contribution in [1.82, 2.24) is 9.78 Å². The van der Waals surface area contributed by atoms with Crippen molar-refractivity contribution in [1.29, 1.82) is 0 Å². The van der Waals surface area contributed by atoms with Gasteiger partial charge in [0.05, 0.1) is 11.5 Å². The Morgan fingerprint density at radius 3 is 2.54 bits per heavy atom. The lowest BCUT2D eigenvalue weighted by molar-refractivity contribution is -0.384. The number of rotatable bonds is 5. The summed E-state index contributed by atoms with van der Waals surface area (Å²) in [6.07, 6.45) is 3.53. The number of hydrogen-bond donors (Lipinski definition) is 1. The molecule has 0 atom stereocenters. The Balaban J connectivity index is 1.78. The Bertz CT molecular complexity index is 858. The van der Waals surface area contributed by atoms with Gasteiger partial charge in [-0.3, -0.25) is 19.6 Å². The highest BCUT2D eigenvalue weighted by atomic mass is 16.6. The molecule has 0 fully saturated rings. The van der Waals surface area contributed by atoms with Gasteiger partial charge in [-0.25, -0.2) is 0 Å². The Kier molecular flexibility index (Phi) is 4.33. The summed E-state index contributed by atoms with van der Waals surface area (Å²) >= 11 is 0. The largest absolute Gasteiger partial charge is 0.322 e. The number of carbonyl (C=O) groups is 1. The number of para-hydroxylation sites is 1. The molecule has 0 aliphatic rings. The van der Waals surface area contributed by atoms with E-state index < -0.39 is 4.92 Å². The third kappa shape index (κ3) is 3.46. The zero-order valence-corrected chi connectivity index (χ0v) is 12.6. The molecule has 0 saturated heterocycles. The van der Waals surface area contributed by atoms with Crippen LogP contribution < -0.4 is 5.32 Å². The number of anilines is 1. The first-order valence-electron chi connectivity index (χ1n) is 7.24. The lowest BCUT2D eigenvalue weighted by Crippen LogP contribution is -2.14. The van der Waals surface area contributed by atoms with Gasteiger partial charge in [-0.1, -0.05) is 18.2 Å². The Labute approximate surface area is 137 Å². The number of non-ortho nitro benzene ring substituents is 1. The van der Waals surface area contributed by atoms with Gasteiger partial charge in [-0.15, -0.1) is 0 Å². The van der Waals surface area contributed by atoms with Crippen molar-refractivity contribution in [3.63, 3.8) is 0 Å². The summed E-state index contributed by atoms with van der Waals surface area (Å²) in [5.74, 6) is -0.321. The van der Waals surface area contributed by atoms with Gasteiger partial charge in [0.1, 0.15) is 0 Å². The molecule has 0 unspecified atom stereocenters. The molecule has 120 valence electrons. The van der Waals surface area contributed by atoms with E-state index in [9.17, 15) is 14.9 Å². The maximum absolute atomic E-state index is 12.3. The molecular weight excluding hydrogens is 308 g/mol. The molecule has 3 aromatic rings. The zero-order chi connectivity index (χ0) is 16.9. The molecule has 7 nitrogen and oxygen atoms in total. The topological polar surface area (TPSA) is 90.1 Å². The van der Waals surface area contributed by atoms with E-state index in [1.54, 1.807) is 10.9 Å². The molecule has 0 spiro atoms. The molecule has 0 radical (unpaired) electrons. The predicted molar refractivity (Wildman–Crippen MR) is 88.8 cm³/mol. The van der Waals surface area contributed by atoms with Crippen LogP contribution in [-0.2, 0) is 6.54 Å². The van der Waals surface area contributed by atoms with Crippen LogP contribution in [0.4, 0.5) is 11.4 Å². The van der Waals surface area contributed by atoms with E-state index in [4.69, 9.17) is 0 Å². The number of nitrogens with one attached hydrogen (secondary N) is 1. The van der Waals surface area contributed by atoms with E-state index in [0.29, 0.717) is 17.8 Å². The second-order valence-electron chi connectivity index (χ2n) is 5.12. The average molecular weight is 322 g/mol. The standard InChI is InChI=1S/C17H14N4O3/c22-17(13-6-8-15(9-7-13)21(23)24)19-16-5-2-1-4-14(16)12-20-11-3-10-18-20/h1-11H,12H2,(H,19,22). The van der Waals surface area contributed by atoms with Crippen LogP contribution in [0.3, 0.4) is 0 Å². The lowest BCUT2D eigenvalue weighted by atomic mass is 10.1. The van der Waals surface area contributed by atoms with E-state index in [2.05, 4.69) is 10.4 Å². The van der Waals surface area contributed by atoms with E-state index in [0.717, 1.165) is 5.56 Å². The number of carbonyl (C=O) groups excluding carboxylic acids is 1. The van der Waals surface area contributed by atoms with Crippen molar-refractivity contribution in [3.8, 4) is 0 Å². The quantitative estimate of drug-likeness (QED) is 0.577. The lowest BCUT2D eigenvalue weighted by Gasteiger charge is -2.11. The summed E-state index contributed by atoms with van der Waals surface area (Å²) in [6, 6.07) is 14.8. The number of benzene rings is 2. The monoisotopic (exact) mass is 322 g/mol. The molecule has 1 aromatic heterocycles. The highest BCUT2D eigenvalue weighted by Gasteiger charge is 2.11. The molecule has 0 aliphatic carbocycles. The van der Waals surface area contributed by atoms with Gasteiger partial charge in [0, 0.05) is 35.8 Å². The summed E-state index contributed by atoms with van der Waals surface area (Å²) in [6.45, 7) is 0.531. The van der Waals surface area contributed by atoms with Crippen LogP contribution in [-0.4, -0.2) is 20.6 Å². The van der Waals surface area contributed by atoms with Crippen molar-refractivity contribution >= 4 is 17.3 Å². The Hall–Kier alpha value is -3.48. The summed E-state index contributed by atoms with van der Waals surface area (Å²) in [4.78, 5) is 22.5. The van der Waals surface area contributed by atoms with Crippen molar-refractivity contribution in [2.75, 3.05) is 5.32 Å². The number of amides is 1. The van der Waals surface area contributed by atoms with Crippen LogP contribution in [0.1, 0.15) is 15.9 Å². The fourth-order valence-corrected chi connectivity index (χ4v) is 2.28. The van der Waals surface area contributed by atoms with Gasteiger partial charge in [0.15, 0.2) is 0 Å². The smallest absolute Gasteiger partial charge is 0.269 e. The third-order valence-electron chi connectivity index (χ3n) is 3.50. The summed E-state index contributed by atoms with van der Waals surface area (Å²) in [5.41, 5.74) is 1.90. The second-order valence-corrected chi connectivity index (χ2v) is 5.12. The predicted octanol–water partition coefficient (Wildman–Crippen LogP) is 3.09. The third-order valence-corrected chi connectivity index (χ3v) is 3.50. The fraction of sp³-hybridized carbons (Fsp3) is 0.0588. The minimum absolute atomic E-state index is 0.0503. The highest BCUT2D eigenvalue weighted by molar-refractivity contribution is 6.04. The highest BCUT2D eigenvalue weighted by Crippen LogP contribution is 2.18. The van der Waals surface area contributed by atoms with Gasteiger partial charge in [0.2, 0.25) is 0 Å². The average Bonchev–Trinajstić information content (AvgIpc) is 3.10. The number of hydrogen-bond acceptors (Lipinski definition) is 4. The van der Waals surface area contributed by atoms with Gasteiger partial charge >= 0.3 is 0 Å². The van der Waals surface area contributed by atoms with E-state index in [1.165, 1.54) is 24.3 Å². The van der Waals surface area contributed by atoms with Crippen LogP contribution in [0.25, 0.3) is 0 Å². The Morgan fingerprint density at radius 2 is 1.88 bits per heavy atom. The molecule has 1 N–H and O–H groups in total. The first-order valence-corrected chi connectivity index (χ1v) is 7.24. The summed E-state index contributed by atoms with van der Waals surface area (Å²) in [7, 11) is 0. The van der Waals surface area contributed by atoms with Crippen LogP contribution in [0.5, 0.6) is 0 Å². The summed E-state index contributed by atoms with van der Waals surface area (Å²) in [5, 5.41) is 17.7. The van der Waals surface area contributed by atoms with Crippen LogP contribution >= 0.6 is 0 Å². The Morgan fingerprint density at radius 1 is 1.12 bits per heavy atom. The minimum atomic E-state index is -0.499. The summed E-state index contributed by atoms with van der Waals surface area (Å²) < 4.78 is 1.76. The van der Waals surface area contributed by atoms with Crippen molar-refractivity contribution in [2.45, 2.75) is 6.54 Å². The van der Waals surface area contributed by atoms with Crippen LogP contribution in [0.2, 0.25) is 0 Å². The molecule has 24 heavy (non-hydrogen) atoms. The maximum Gasteiger partial charge on any atom is 0.269 e. The van der Waals surface area contributed by atoms with Gasteiger partial charge in [-0.2, -0.15) is 5.10 Å². The second kappa shape index (κ2) is 6.74. The first kappa shape index (κ1) is 15.4. The molecule has 0 aliphatic heterocycles. The van der Waals surface area contributed by atoms with E-state index in [1.807, 2.05) is 36.5 Å². The molecular formula is C17H14N4O3. The first-order chi connectivity index (χ1) is 11.6. The van der Waals surface area contributed by atoms with Crippen molar-refractivity contribution in [2.24, 2.45) is 0 Å². The van der Waals surface area contributed by atoms with E-state index in [-0.39, 0.29) is 11.6 Å². The molecule has 0 saturated carbocycles. The van der Waals surface area contributed by atoms with Crippen LogP contribution in [0.15, 0.2) is 67.0 Å². The number of aromatic nitrogens is 2. The van der Waals surface area contributed by atoms with Gasteiger partial charge in [0.25, 0.3) is 11.6 Å². The van der Waals surface area contributed by atoms with Crippen LogP contribution in [0, 0.1) is 10.1 Å². The van der Waals surface area contributed by atoms with Gasteiger partial charge in [-0.05, 0) is 29.8 Å². The van der Waals surface area contributed by atoms with E-state index >= 15 is 0 Å². The normalized spacial score (nSPS) is 10.3. The van der Waals surface area contributed by atoms with Crippen molar-refractivity contribution in [3.05, 3.63) is 88.2 Å². The van der Waals surface area contributed by atoms with Gasteiger partial charge < -0.3 is 5.32 Å². The molecule has 7 heteroatoms. The number of nitro benzene ring substituents is 1. The minimum Gasteiger partial charge on any atom is -0.322 e. The number of nitrogens with zero attached hydrogens (tertiary/aromatic N) is 3. The molecule has 1 heterocycles. The molecule has 1 amide bonds. The fourth-order valence-electron chi connectivity index (χ4n) is 2.28. The van der Waals surface area contributed by atoms with Crippen molar-refractivity contribution < 1.29 is 9.72 Å². The zero-order valence-electron chi connectivity index (χ0n) is 12.6. The molecule has 0 bridgehead atoms. The number of nitro groups is 1. The molecule has 2 aromatic carbocycles.